The molecule has 0 aromatic heterocycles. The van der Waals surface area contributed by atoms with E-state index < -0.39 is 10.9 Å². The van der Waals surface area contributed by atoms with Crippen LogP contribution in [-0.4, -0.2) is 29.3 Å². The van der Waals surface area contributed by atoms with Crippen molar-refractivity contribution in [3.63, 3.8) is 0 Å². The lowest BCUT2D eigenvalue weighted by molar-refractivity contribution is -0.384. The van der Waals surface area contributed by atoms with Crippen molar-refractivity contribution < 1.29 is 24.0 Å². The Balaban J connectivity index is 1.41. The van der Waals surface area contributed by atoms with Gasteiger partial charge in [-0.25, -0.2) is 4.79 Å². The van der Waals surface area contributed by atoms with E-state index in [9.17, 15) is 24.5 Å². The average molecular weight is 594 g/mol. The van der Waals surface area contributed by atoms with Crippen LogP contribution in [0.2, 0.25) is 0 Å². The second-order valence-corrected chi connectivity index (χ2v) is 10.3. The Labute approximate surface area is 256 Å². The smallest absolute Gasteiger partial charge is 0.343 e. The Hall–Kier alpha value is -5.31. The third-order valence-corrected chi connectivity index (χ3v) is 7.08. The highest BCUT2D eigenvalue weighted by atomic mass is 16.6. The minimum Gasteiger partial charge on any atom is -0.423 e. The summed E-state index contributed by atoms with van der Waals surface area (Å²) in [7, 11) is 0. The van der Waals surface area contributed by atoms with Gasteiger partial charge in [0, 0.05) is 41.2 Å². The Morgan fingerprint density at radius 1 is 0.727 bits per heavy atom. The van der Waals surface area contributed by atoms with E-state index in [1.54, 1.807) is 77.7 Å². The molecule has 4 aromatic carbocycles. The molecular formula is C35H35N3O6. The molecule has 0 saturated carbocycles. The fourth-order valence-electron chi connectivity index (χ4n) is 4.62. The van der Waals surface area contributed by atoms with Gasteiger partial charge in [0.05, 0.1) is 10.5 Å². The van der Waals surface area contributed by atoms with Gasteiger partial charge in [0.1, 0.15) is 5.75 Å². The first-order valence-corrected chi connectivity index (χ1v) is 14.7. The topological polar surface area (TPSA) is 119 Å². The third-order valence-electron chi connectivity index (χ3n) is 7.08. The summed E-state index contributed by atoms with van der Waals surface area (Å²) in [6.45, 7) is 2.64. The fraction of sp³-hybridized carbons (Fsp3) is 0.229. The maximum Gasteiger partial charge on any atom is 0.343 e. The molecule has 0 spiro atoms. The first kappa shape index (κ1) is 31.6. The Morgan fingerprint density at radius 3 is 1.95 bits per heavy atom. The van der Waals surface area contributed by atoms with Gasteiger partial charge >= 0.3 is 5.97 Å². The molecule has 0 saturated heterocycles. The number of nitro benzene ring substituents is 1. The van der Waals surface area contributed by atoms with Crippen LogP contribution >= 0.6 is 0 Å². The number of non-ortho nitro benzene ring substituents is 1. The van der Waals surface area contributed by atoms with E-state index in [1.165, 1.54) is 30.7 Å². The zero-order valence-corrected chi connectivity index (χ0v) is 24.6. The van der Waals surface area contributed by atoms with Crippen molar-refractivity contribution in [3.05, 3.63) is 130 Å². The van der Waals surface area contributed by atoms with E-state index in [-0.39, 0.29) is 17.5 Å². The normalized spacial score (nSPS) is 10.6. The van der Waals surface area contributed by atoms with Crippen molar-refractivity contribution in [2.75, 3.05) is 16.8 Å². The van der Waals surface area contributed by atoms with Gasteiger partial charge in [-0.2, -0.15) is 0 Å². The van der Waals surface area contributed by atoms with Crippen LogP contribution in [0.25, 0.3) is 0 Å². The monoisotopic (exact) mass is 593 g/mol. The Kier molecular flexibility index (Phi) is 11.3. The van der Waals surface area contributed by atoms with E-state index >= 15 is 0 Å². The van der Waals surface area contributed by atoms with Crippen LogP contribution in [0.15, 0.2) is 103 Å². The van der Waals surface area contributed by atoms with E-state index in [1.807, 2.05) is 6.07 Å². The molecular weight excluding hydrogens is 558 g/mol. The molecule has 9 nitrogen and oxygen atoms in total. The number of amides is 2. The molecule has 0 atom stereocenters. The van der Waals surface area contributed by atoms with Gasteiger partial charge in [0.15, 0.2) is 0 Å². The summed E-state index contributed by atoms with van der Waals surface area (Å²) in [5.74, 6) is -0.673. The second-order valence-electron chi connectivity index (χ2n) is 10.3. The van der Waals surface area contributed by atoms with Crippen LogP contribution in [0, 0.1) is 10.1 Å². The van der Waals surface area contributed by atoms with Gasteiger partial charge in [-0.3, -0.25) is 19.7 Å². The fourth-order valence-corrected chi connectivity index (χ4v) is 4.62. The number of esters is 1. The Bertz CT molecular complexity index is 1550. The summed E-state index contributed by atoms with van der Waals surface area (Å²) in [5, 5.41) is 13.9. The van der Waals surface area contributed by atoms with E-state index in [4.69, 9.17) is 4.74 Å². The molecule has 0 aliphatic carbocycles. The van der Waals surface area contributed by atoms with Gasteiger partial charge in [-0.1, -0.05) is 57.2 Å². The van der Waals surface area contributed by atoms with Crippen molar-refractivity contribution >= 4 is 34.8 Å². The number of unbranched alkanes of at least 4 members (excludes halogenated alkanes) is 5. The number of carbonyl (C=O) groups is 3. The molecule has 0 heterocycles. The molecule has 0 unspecified atom stereocenters. The van der Waals surface area contributed by atoms with Crippen LogP contribution < -0.4 is 15.0 Å². The number of hydrogen-bond acceptors (Lipinski definition) is 6. The zero-order chi connectivity index (χ0) is 31.3. The lowest BCUT2D eigenvalue weighted by atomic mass is 10.1. The molecule has 44 heavy (non-hydrogen) atoms. The summed E-state index contributed by atoms with van der Waals surface area (Å²) >= 11 is 0. The number of benzene rings is 4. The van der Waals surface area contributed by atoms with Gasteiger partial charge in [0.2, 0.25) is 0 Å². The average Bonchev–Trinajstić information content (AvgIpc) is 3.05. The molecule has 0 fully saturated rings. The summed E-state index contributed by atoms with van der Waals surface area (Å²) in [6, 6.07) is 27.5. The number of nitrogens with one attached hydrogen (secondary N) is 1. The molecule has 4 aromatic rings. The highest BCUT2D eigenvalue weighted by molar-refractivity contribution is 6.07. The van der Waals surface area contributed by atoms with Crippen molar-refractivity contribution in [2.45, 2.75) is 45.4 Å². The minimum absolute atomic E-state index is 0.0823. The molecule has 9 heteroatoms. The number of hydrogen-bond donors (Lipinski definition) is 1. The maximum atomic E-state index is 13.5. The van der Waals surface area contributed by atoms with Gasteiger partial charge < -0.3 is 15.0 Å². The number of anilines is 2. The quantitative estimate of drug-likeness (QED) is 0.0519. The van der Waals surface area contributed by atoms with Gasteiger partial charge in [-0.05, 0) is 79.2 Å². The Morgan fingerprint density at radius 2 is 1.32 bits per heavy atom. The van der Waals surface area contributed by atoms with Crippen molar-refractivity contribution in [2.24, 2.45) is 0 Å². The molecule has 0 aliphatic rings. The van der Waals surface area contributed by atoms with Crippen LogP contribution in [0.4, 0.5) is 17.1 Å². The molecule has 0 radical (unpaired) electrons. The number of nitro groups is 1. The molecule has 0 bridgehead atoms. The summed E-state index contributed by atoms with van der Waals surface area (Å²) < 4.78 is 5.35. The maximum absolute atomic E-state index is 13.5. The van der Waals surface area contributed by atoms with Gasteiger partial charge in [0.25, 0.3) is 17.5 Å². The van der Waals surface area contributed by atoms with Crippen LogP contribution in [0.3, 0.4) is 0 Å². The first-order valence-electron chi connectivity index (χ1n) is 14.7. The second kappa shape index (κ2) is 15.8. The number of carbonyl (C=O) groups excluding carboxylic acids is 3. The highest BCUT2D eigenvalue weighted by Crippen LogP contribution is 2.22. The van der Waals surface area contributed by atoms with Crippen LogP contribution in [-0.2, 0) is 0 Å². The van der Waals surface area contributed by atoms with Gasteiger partial charge in [-0.15, -0.1) is 0 Å². The number of rotatable bonds is 14. The minimum atomic E-state index is -0.501. The van der Waals surface area contributed by atoms with Crippen molar-refractivity contribution in [3.8, 4) is 5.75 Å². The predicted octanol–water partition coefficient (Wildman–Crippen LogP) is 8.07. The van der Waals surface area contributed by atoms with E-state index in [2.05, 4.69) is 12.2 Å². The largest absolute Gasteiger partial charge is 0.423 e. The van der Waals surface area contributed by atoms with Crippen molar-refractivity contribution in [1.82, 2.24) is 0 Å². The van der Waals surface area contributed by atoms with E-state index in [0.717, 1.165) is 32.1 Å². The summed E-state index contributed by atoms with van der Waals surface area (Å²) in [6.07, 6.45) is 6.35. The van der Waals surface area contributed by atoms with Crippen LogP contribution in [0.5, 0.6) is 5.75 Å². The SMILES string of the molecule is CCCCCCCCN(C(=O)c1ccc([N+](=O)[O-])cc1)c1ccc(C(=O)Nc2ccc(C(=O)Oc3ccccc3)cc2)cc1. The summed E-state index contributed by atoms with van der Waals surface area (Å²) in [5.41, 5.74) is 2.14. The standard InChI is InChI=1S/C35H35N3O6/c1-2-3-4-5-6-10-25-37(34(40)27-17-23-31(24-18-27)38(42)43)30-21-15-26(16-22-30)33(39)36-29-19-13-28(14-20-29)35(41)44-32-11-8-7-9-12-32/h7-9,11-24H,2-6,10,25H2,1H3,(H,36,39). The molecule has 1 N–H and O–H groups in total. The molecule has 0 aliphatic heterocycles. The number of ether oxygens (including phenoxy) is 1. The highest BCUT2D eigenvalue weighted by Gasteiger charge is 2.19. The summed E-state index contributed by atoms with van der Waals surface area (Å²) in [4.78, 5) is 51.0. The third kappa shape index (κ3) is 8.84. The molecule has 2 amide bonds. The number of para-hydroxylation sites is 1. The number of nitrogens with zero attached hydrogens (tertiary/aromatic N) is 2. The van der Waals surface area contributed by atoms with E-state index in [0.29, 0.717) is 40.4 Å². The van der Waals surface area contributed by atoms with Crippen molar-refractivity contribution in [1.29, 1.82) is 0 Å². The van der Waals surface area contributed by atoms with Crippen LogP contribution in [0.1, 0.15) is 76.5 Å². The molecule has 4 rings (SSSR count). The lowest BCUT2D eigenvalue weighted by Gasteiger charge is -2.23. The first-order chi connectivity index (χ1) is 21.4. The molecule has 226 valence electrons. The predicted molar refractivity (Wildman–Crippen MR) is 170 cm³/mol. The zero-order valence-electron chi connectivity index (χ0n) is 24.6. The lowest BCUT2D eigenvalue weighted by Crippen LogP contribution is -2.32.